The zero-order chi connectivity index (χ0) is 22.9. The number of nitrogens with one attached hydrogen (secondary N) is 1. The van der Waals surface area contributed by atoms with Crippen molar-refractivity contribution in [2.45, 2.75) is 22.1 Å². The van der Waals surface area contributed by atoms with Crippen LogP contribution >= 0.6 is 11.3 Å². The first-order chi connectivity index (χ1) is 15.2. The van der Waals surface area contributed by atoms with Crippen LogP contribution in [0.2, 0.25) is 0 Å². The highest BCUT2D eigenvalue weighted by molar-refractivity contribution is 7.92. The average Bonchev–Trinajstić information content (AvgIpc) is 3.33. The lowest BCUT2D eigenvalue weighted by Gasteiger charge is -2.28. The summed E-state index contributed by atoms with van der Waals surface area (Å²) in [5.74, 6) is 0.629. The number of hydrogen-bond donors (Lipinski definition) is 1. The van der Waals surface area contributed by atoms with Gasteiger partial charge in [0.05, 0.1) is 14.2 Å². The Kier molecular flexibility index (Phi) is 6.17. The van der Waals surface area contributed by atoms with Gasteiger partial charge in [-0.2, -0.15) is 4.31 Å². The molecule has 1 aliphatic rings. The first kappa shape index (κ1) is 22.6. The summed E-state index contributed by atoms with van der Waals surface area (Å²) in [6, 6.07) is 12.9. The predicted octanol–water partition coefficient (Wildman–Crippen LogP) is 3.31. The Bertz CT molecular complexity index is 1340. The van der Waals surface area contributed by atoms with Crippen molar-refractivity contribution in [3.05, 3.63) is 65.0 Å². The van der Waals surface area contributed by atoms with Gasteiger partial charge in [0.2, 0.25) is 0 Å². The molecule has 0 saturated heterocycles. The maximum Gasteiger partial charge on any atom is 0.265 e. The van der Waals surface area contributed by atoms with Gasteiger partial charge >= 0.3 is 0 Å². The fraction of sp³-hybridized carbons (Fsp3) is 0.238. The van der Waals surface area contributed by atoms with E-state index >= 15 is 0 Å². The van der Waals surface area contributed by atoms with Crippen LogP contribution in [0, 0.1) is 0 Å². The molecule has 2 aromatic carbocycles. The Morgan fingerprint density at radius 3 is 2.47 bits per heavy atom. The predicted molar refractivity (Wildman–Crippen MR) is 122 cm³/mol. The van der Waals surface area contributed by atoms with E-state index in [9.17, 15) is 16.8 Å². The van der Waals surface area contributed by atoms with Crippen LogP contribution in [0.25, 0.3) is 0 Å². The van der Waals surface area contributed by atoms with Gasteiger partial charge in [0.1, 0.15) is 20.6 Å². The van der Waals surface area contributed by atoms with Gasteiger partial charge in [-0.3, -0.25) is 4.72 Å². The van der Waals surface area contributed by atoms with Crippen LogP contribution in [0.3, 0.4) is 0 Å². The lowest BCUT2D eigenvalue weighted by molar-refractivity contribution is 0.386. The van der Waals surface area contributed by atoms with Gasteiger partial charge in [0, 0.05) is 24.8 Å². The zero-order valence-corrected chi connectivity index (χ0v) is 19.9. The molecule has 0 aliphatic carbocycles. The monoisotopic (exact) mass is 494 g/mol. The standard InChI is InChI=1S/C21H22N2O6S3/c1-28-18-7-8-20(19(13-18)29-2)31(24,25)22-17-6-5-15-9-10-23(14-16(15)12-17)32(26,27)21-4-3-11-30-21/h3-8,11-13,22H,9-10,14H2,1-2H3. The molecule has 11 heteroatoms. The van der Waals surface area contributed by atoms with E-state index in [0.29, 0.717) is 28.6 Å². The maximum atomic E-state index is 13.0. The third-order valence-electron chi connectivity index (χ3n) is 5.19. The van der Waals surface area contributed by atoms with Crippen molar-refractivity contribution in [3.63, 3.8) is 0 Å². The number of ether oxygens (including phenoxy) is 2. The molecule has 0 radical (unpaired) electrons. The van der Waals surface area contributed by atoms with Gasteiger partial charge in [-0.05, 0) is 53.3 Å². The largest absolute Gasteiger partial charge is 0.497 e. The molecule has 0 amide bonds. The van der Waals surface area contributed by atoms with Crippen molar-refractivity contribution in [1.29, 1.82) is 0 Å². The van der Waals surface area contributed by atoms with Gasteiger partial charge < -0.3 is 9.47 Å². The number of thiophene rings is 1. The smallest absolute Gasteiger partial charge is 0.265 e. The molecule has 0 fully saturated rings. The highest BCUT2D eigenvalue weighted by Gasteiger charge is 2.29. The minimum Gasteiger partial charge on any atom is -0.497 e. The van der Waals surface area contributed by atoms with Crippen molar-refractivity contribution in [1.82, 2.24) is 4.31 Å². The van der Waals surface area contributed by atoms with E-state index in [0.717, 1.165) is 11.1 Å². The third kappa shape index (κ3) is 4.33. The van der Waals surface area contributed by atoms with Crippen LogP contribution in [0.4, 0.5) is 5.69 Å². The summed E-state index contributed by atoms with van der Waals surface area (Å²) in [6.07, 6.45) is 0.555. The van der Waals surface area contributed by atoms with Crippen LogP contribution in [0.5, 0.6) is 11.5 Å². The number of anilines is 1. The number of benzene rings is 2. The van der Waals surface area contributed by atoms with Crippen LogP contribution in [0.15, 0.2) is 63.0 Å². The third-order valence-corrected chi connectivity index (χ3v) is 9.82. The molecule has 170 valence electrons. The number of hydrogen-bond acceptors (Lipinski definition) is 7. The van der Waals surface area contributed by atoms with Crippen molar-refractivity contribution < 1.29 is 26.3 Å². The number of methoxy groups -OCH3 is 2. The number of rotatable bonds is 7. The van der Waals surface area contributed by atoms with E-state index in [1.807, 2.05) is 6.07 Å². The maximum absolute atomic E-state index is 13.0. The number of sulfonamides is 2. The van der Waals surface area contributed by atoms with Gasteiger partial charge in [-0.25, -0.2) is 16.8 Å². The Morgan fingerprint density at radius 1 is 0.969 bits per heavy atom. The van der Waals surface area contributed by atoms with Crippen LogP contribution in [-0.2, 0) is 33.0 Å². The second-order valence-electron chi connectivity index (χ2n) is 7.13. The Morgan fingerprint density at radius 2 is 1.78 bits per heavy atom. The van der Waals surface area contributed by atoms with Crippen molar-refractivity contribution in [2.75, 3.05) is 25.5 Å². The molecule has 3 aromatic rings. The lowest BCUT2D eigenvalue weighted by Crippen LogP contribution is -2.35. The van der Waals surface area contributed by atoms with E-state index < -0.39 is 20.0 Å². The summed E-state index contributed by atoms with van der Waals surface area (Å²) < 4.78 is 66.4. The summed E-state index contributed by atoms with van der Waals surface area (Å²) in [5.41, 5.74) is 2.10. The molecule has 0 bridgehead atoms. The normalized spacial score (nSPS) is 14.6. The van der Waals surface area contributed by atoms with Crippen LogP contribution < -0.4 is 14.2 Å². The first-order valence-electron chi connectivity index (χ1n) is 9.65. The molecule has 0 unspecified atom stereocenters. The highest BCUT2D eigenvalue weighted by Crippen LogP contribution is 2.32. The van der Waals surface area contributed by atoms with Gasteiger partial charge in [-0.15, -0.1) is 11.3 Å². The average molecular weight is 495 g/mol. The molecule has 0 saturated carbocycles. The van der Waals surface area contributed by atoms with Crippen LogP contribution in [-0.4, -0.2) is 41.9 Å². The molecule has 0 atom stereocenters. The van der Waals surface area contributed by atoms with Crippen LogP contribution in [0.1, 0.15) is 11.1 Å². The Labute approximate surface area is 191 Å². The fourth-order valence-corrected chi connectivity index (χ4v) is 7.31. The van der Waals surface area contributed by atoms with Gasteiger partial charge in [0.15, 0.2) is 0 Å². The fourth-order valence-electron chi connectivity index (χ4n) is 3.54. The quantitative estimate of drug-likeness (QED) is 0.541. The summed E-state index contributed by atoms with van der Waals surface area (Å²) in [4.78, 5) is -0.0274. The van der Waals surface area contributed by atoms with E-state index in [4.69, 9.17) is 9.47 Å². The molecule has 32 heavy (non-hydrogen) atoms. The molecule has 2 heterocycles. The van der Waals surface area contributed by atoms with E-state index in [1.165, 1.54) is 48.1 Å². The Hall–Kier alpha value is -2.60. The minimum atomic E-state index is -3.95. The molecular weight excluding hydrogens is 472 g/mol. The topological polar surface area (TPSA) is 102 Å². The molecule has 1 aliphatic heterocycles. The summed E-state index contributed by atoms with van der Waals surface area (Å²) >= 11 is 1.18. The SMILES string of the molecule is COc1ccc(S(=O)(=O)Nc2ccc3c(c2)CN(S(=O)(=O)c2cccs2)CC3)c(OC)c1. The zero-order valence-electron chi connectivity index (χ0n) is 17.4. The van der Waals surface area contributed by atoms with Gasteiger partial charge in [-0.1, -0.05) is 12.1 Å². The first-order valence-corrected chi connectivity index (χ1v) is 13.5. The van der Waals surface area contributed by atoms with E-state index in [2.05, 4.69) is 4.72 Å². The van der Waals surface area contributed by atoms with E-state index in [-0.39, 0.29) is 17.2 Å². The van der Waals surface area contributed by atoms with Crippen molar-refractivity contribution in [3.8, 4) is 11.5 Å². The second kappa shape index (κ2) is 8.74. The van der Waals surface area contributed by atoms with Gasteiger partial charge in [0.25, 0.3) is 20.0 Å². The number of nitrogens with zero attached hydrogens (tertiary/aromatic N) is 1. The molecule has 4 rings (SSSR count). The molecule has 0 spiro atoms. The number of fused-ring (bicyclic) bond motifs is 1. The molecular formula is C21H22N2O6S3. The minimum absolute atomic E-state index is 0.0274. The second-order valence-corrected chi connectivity index (χ2v) is 11.9. The van der Waals surface area contributed by atoms with Crippen molar-refractivity contribution >= 4 is 37.1 Å². The summed E-state index contributed by atoms with van der Waals surface area (Å²) in [5, 5.41) is 1.73. The summed E-state index contributed by atoms with van der Waals surface area (Å²) in [7, 11) is -4.66. The highest BCUT2D eigenvalue weighted by atomic mass is 32.2. The molecule has 8 nitrogen and oxygen atoms in total. The van der Waals surface area contributed by atoms with Crippen molar-refractivity contribution in [2.24, 2.45) is 0 Å². The lowest BCUT2D eigenvalue weighted by atomic mass is 10.0. The van der Waals surface area contributed by atoms with E-state index in [1.54, 1.807) is 29.6 Å². The molecule has 1 N–H and O–H groups in total. The Balaban J connectivity index is 1.60. The summed E-state index contributed by atoms with van der Waals surface area (Å²) in [6.45, 7) is 0.554. The molecule has 1 aromatic heterocycles.